The van der Waals surface area contributed by atoms with E-state index in [4.69, 9.17) is 9.47 Å². The van der Waals surface area contributed by atoms with E-state index < -0.39 is 0 Å². The summed E-state index contributed by atoms with van der Waals surface area (Å²) in [6.45, 7) is 7.22. The van der Waals surface area contributed by atoms with Crippen LogP contribution < -0.4 is 0 Å². The smallest absolute Gasteiger partial charge is 0.310 e. The topological polar surface area (TPSA) is 52.6 Å². The Kier molecular flexibility index (Phi) is 4.09. The van der Waals surface area contributed by atoms with Crippen molar-refractivity contribution in [2.24, 2.45) is 11.8 Å². The molecule has 0 heterocycles. The van der Waals surface area contributed by atoms with Crippen molar-refractivity contribution < 1.29 is 19.1 Å². The largest absolute Gasteiger partial charge is 0.461 e. The first-order valence-corrected chi connectivity index (χ1v) is 4.75. The van der Waals surface area contributed by atoms with Gasteiger partial charge in [-0.3, -0.25) is 9.59 Å². The monoisotopic (exact) mass is 210 g/mol. The van der Waals surface area contributed by atoms with Gasteiger partial charge in [-0.2, -0.15) is 0 Å². The zero-order chi connectivity index (χ0) is 11.3. The van der Waals surface area contributed by atoms with E-state index in [0.29, 0.717) is 6.42 Å². The van der Waals surface area contributed by atoms with Crippen molar-refractivity contribution in [3.8, 4) is 0 Å². The minimum Gasteiger partial charge on any atom is -0.461 e. The Morgan fingerprint density at radius 1 is 1.07 bits per heavy atom. The summed E-state index contributed by atoms with van der Waals surface area (Å²) in [5.41, 5.74) is 0. The molecule has 1 aliphatic rings. The van der Waals surface area contributed by atoms with Gasteiger partial charge < -0.3 is 9.47 Å². The fourth-order valence-corrected chi connectivity index (χ4v) is 1.21. The van der Waals surface area contributed by atoms with Crippen LogP contribution in [0.4, 0.5) is 0 Å². The highest BCUT2D eigenvalue weighted by molar-refractivity contribution is 5.87. The van der Waals surface area contributed by atoms with Crippen molar-refractivity contribution in [2.45, 2.75) is 6.42 Å². The second-order valence-electron chi connectivity index (χ2n) is 3.29. The van der Waals surface area contributed by atoms with Gasteiger partial charge in [-0.05, 0) is 6.42 Å². The van der Waals surface area contributed by atoms with Gasteiger partial charge in [0.1, 0.15) is 13.2 Å². The highest BCUT2D eigenvalue weighted by Crippen LogP contribution is 2.40. The number of rotatable bonds is 6. The molecule has 0 bridgehead atoms. The van der Waals surface area contributed by atoms with E-state index in [9.17, 15) is 9.59 Å². The van der Waals surface area contributed by atoms with Gasteiger partial charge in [0.25, 0.3) is 0 Å². The molecule has 0 aromatic rings. The van der Waals surface area contributed by atoms with Gasteiger partial charge in [0.2, 0.25) is 0 Å². The molecule has 0 aromatic heterocycles. The first kappa shape index (κ1) is 11.5. The Balaban J connectivity index is 2.26. The third-order valence-corrected chi connectivity index (χ3v) is 2.08. The molecule has 1 fully saturated rings. The van der Waals surface area contributed by atoms with Gasteiger partial charge in [-0.15, -0.1) is 0 Å². The molecule has 0 aromatic carbocycles. The Morgan fingerprint density at radius 3 is 1.80 bits per heavy atom. The van der Waals surface area contributed by atoms with Crippen LogP contribution in [0.25, 0.3) is 0 Å². The van der Waals surface area contributed by atoms with Gasteiger partial charge >= 0.3 is 11.9 Å². The number of ether oxygens (including phenoxy) is 2. The number of carbonyl (C=O) groups is 2. The second kappa shape index (κ2) is 5.34. The van der Waals surface area contributed by atoms with Crippen LogP contribution in [-0.4, -0.2) is 25.2 Å². The molecular weight excluding hydrogens is 196 g/mol. The molecule has 1 aliphatic carbocycles. The van der Waals surface area contributed by atoms with Crippen LogP contribution >= 0.6 is 0 Å². The quantitative estimate of drug-likeness (QED) is 0.486. The normalized spacial score (nSPS) is 22.7. The molecule has 2 unspecified atom stereocenters. The van der Waals surface area contributed by atoms with Crippen LogP contribution in [0, 0.1) is 11.8 Å². The summed E-state index contributed by atoms with van der Waals surface area (Å²) in [6, 6.07) is 0. The zero-order valence-corrected chi connectivity index (χ0v) is 8.48. The molecule has 0 aliphatic heterocycles. The highest BCUT2D eigenvalue weighted by Gasteiger charge is 2.50. The minimum atomic E-state index is -0.351. The predicted octanol–water partition coefficient (Wildman–Crippen LogP) is 1.08. The molecule has 0 saturated heterocycles. The summed E-state index contributed by atoms with van der Waals surface area (Å²) in [6.07, 6.45) is 3.50. The molecule has 4 nitrogen and oxygen atoms in total. The molecule has 0 radical (unpaired) electrons. The summed E-state index contributed by atoms with van der Waals surface area (Å²) < 4.78 is 9.63. The fraction of sp³-hybridized carbons (Fsp3) is 0.455. The van der Waals surface area contributed by atoms with E-state index in [2.05, 4.69) is 13.2 Å². The number of carbonyl (C=O) groups excluding carboxylic acids is 2. The summed E-state index contributed by atoms with van der Waals surface area (Å²) in [7, 11) is 0. The number of hydrogen-bond donors (Lipinski definition) is 0. The molecule has 0 N–H and O–H groups in total. The van der Waals surface area contributed by atoms with E-state index in [-0.39, 0.29) is 37.0 Å². The average molecular weight is 210 g/mol. The van der Waals surface area contributed by atoms with Crippen molar-refractivity contribution >= 4 is 11.9 Å². The van der Waals surface area contributed by atoms with Crippen LogP contribution in [0.5, 0.6) is 0 Å². The Labute approximate surface area is 88.6 Å². The van der Waals surface area contributed by atoms with Gasteiger partial charge in [0.05, 0.1) is 11.8 Å². The highest BCUT2D eigenvalue weighted by atomic mass is 16.5. The van der Waals surface area contributed by atoms with Crippen molar-refractivity contribution in [3.05, 3.63) is 25.3 Å². The van der Waals surface area contributed by atoms with Crippen LogP contribution in [0.3, 0.4) is 0 Å². The molecule has 82 valence electrons. The summed E-state index contributed by atoms with van der Waals surface area (Å²) in [5.74, 6) is -1.37. The molecule has 2 atom stereocenters. The average Bonchev–Trinajstić information content (AvgIpc) is 3.02. The molecule has 0 amide bonds. The van der Waals surface area contributed by atoms with Gasteiger partial charge in [-0.25, -0.2) is 0 Å². The molecule has 0 spiro atoms. The zero-order valence-electron chi connectivity index (χ0n) is 8.48. The maximum atomic E-state index is 11.3. The van der Waals surface area contributed by atoms with Crippen molar-refractivity contribution in [1.29, 1.82) is 0 Å². The molecule has 4 heteroatoms. The first-order valence-electron chi connectivity index (χ1n) is 4.75. The van der Waals surface area contributed by atoms with Crippen molar-refractivity contribution in [1.82, 2.24) is 0 Å². The van der Waals surface area contributed by atoms with Crippen molar-refractivity contribution in [2.75, 3.05) is 13.2 Å². The minimum absolute atomic E-state index is 0.184. The lowest BCUT2D eigenvalue weighted by Crippen LogP contribution is -2.14. The molecule has 1 rings (SSSR count). The van der Waals surface area contributed by atoms with Crippen LogP contribution in [0.2, 0.25) is 0 Å². The van der Waals surface area contributed by atoms with E-state index in [0.717, 1.165) is 0 Å². The summed E-state index contributed by atoms with van der Waals surface area (Å²) >= 11 is 0. The molecule has 15 heavy (non-hydrogen) atoms. The fourth-order valence-electron chi connectivity index (χ4n) is 1.21. The number of hydrogen-bond acceptors (Lipinski definition) is 4. The van der Waals surface area contributed by atoms with Gasteiger partial charge in [0, 0.05) is 0 Å². The summed E-state index contributed by atoms with van der Waals surface area (Å²) in [5, 5.41) is 0. The van der Waals surface area contributed by atoms with E-state index >= 15 is 0 Å². The lowest BCUT2D eigenvalue weighted by molar-refractivity contribution is -0.150. The first-order chi connectivity index (χ1) is 7.20. The van der Waals surface area contributed by atoms with E-state index in [1.54, 1.807) is 0 Å². The van der Waals surface area contributed by atoms with E-state index in [1.165, 1.54) is 12.2 Å². The lowest BCUT2D eigenvalue weighted by Gasteiger charge is -2.01. The molecular formula is C11H14O4. The van der Waals surface area contributed by atoms with Crippen LogP contribution in [0.1, 0.15) is 6.42 Å². The second-order valence-corrected chi connectivity index (χ2v) is 3.29. The molecule has 1 saturated carbocycles. The van der Waals surface area contributed by atoms with Gasteiger partial charge in [-0.1, -0.05) is 25.3 Å². The lowest BCUT2D eigenvalue weighted by atomic mass is 10.3. The van der Waals surface area contributed by atoms with E-state index in [1.807, 2.05) is 0 Å². The number of esters is 2. The van der Waals surface area contributed by atoms with Gasteiger partial charge in [0.15, 0.2) is 0 Å². The Morgan fingerprint density at radius 2 is 1.47 bits per heavy atom. The Hall–Kier alpha value is -1.58. The predicted molar refractivity (Wildman–Crippen MR) is 53.9 cm³/mol. The third kappa shape index (κ3) is 3.23. The Bertz CT molecular complexity index is 254. The summed E-state index contributed by atoms with van der Waals surface area (Å²) in [4.78, 5) is 22.5. The van der Waals surface area contributed by atoms with Crippen molar-refractivity contribution in [3.63, 3.8) is 0 Å². The maximum Gasteiger partial charge on any atom is 0.310 e. The maximum absolute atomic E-state index is 11.3. The van der Waals surface area contributed by atoms with Crippen LogP contribution in [0.15, 0.2) is 25.3 Å². The standard InChI is InChI=1S/C11H14O4/c1-3-5-14-10(12)8-7-9(8)11(13)15-6-4-2/h3-4,8-9H,1-2,5-7H2. The SMILES string of the molecule is C=CCOC(=O)C1CC1C(=O)OCC=C. The van der Waals surface area contributed by atoms with Crippen LogP contribution in [-0.2, 0) is 19.1 Å². The third-order valence-electron chi connectivity index (χ3n) is 2.08.